The predicted molar refractivity (Wildman–Crippen MR) is 121 cm³/mol. The normalized spacial score (nSPS) is 23.2. The quantitative estimate of drug-likeness (QED) is 0.276. The van der Waals surface area contributed by atoms with Gasteiger partial charge in [-0.2, -0.15) is 0 Å². The van der Waals surface area contributed by atoms with Crippen LogP contribution in [0.2, 0.25) is 5.02 Å². The number of nitrogens with zero attached hydrogens (tertiary/aromatic N) is 2. The summed E-state index contributed by atoms with van der Waals surface area (Å²) in [5.74, 6) is 0.995. The van der Waals surface area contributed by atoms with E-state index in [1.165, 1.54) is 5.56 Å². The minimum absolute atomic E-state index is 0. The fourth-order valence-corrected chi connectivity index (χ4v) is 3.66. The average molecular weight is 508 g/mol. The van der Waals surface area contributed by atoms with Crippen LogP contribution in [-0.4, -0.2) is 62.5 Å². The van der Waals surface area contributed by atoms with Crippen LogP contribution in [0.5, 0.6) is 0 Å². The van der Waals surface area contributed by atoms with Gasteiger partial charge in [0.15, 0.2) is 5.96 Å². The summed E-state index contributed by atoms with van der Waals surface area (Å²) in [6.07, 6.45) is 4.68. The van der Waals surface area contributed by atoms with E-state index in [1.54, 1.807) is 0 Å². The van der Waals surface area contributed by atoms with E-state index in [9.17, 15) is 0 Å². The molecule has 152 valence electrons. The predicted octanol–water partition coefficient (Wildman–Crippen LogP) is 3.74. The maximum absolute atomic E-state index is 5.95. The zero-order valence-corrected chi connectivity index (χ0v) is 19.1. The van der Waals surface area contributed by atoms with Crippen LogP contribution in [0.25, 0.3) is 0 Å². The van der Waals surface area contributed by atoms with Crippen LogP contribution < -0.4 is 5.32 Å². The van der Waals surface area contributed by atoms with Gasteiger partial charge in [0.25, 0.3) is 0 Å². The Balaban J connectivity index is 0.00000261. The molecular weight excluding hydrogens is 477 g/mol. The standard InChI is InChI=1S/C20H30ClN3O2.HI/c1-2-22-20(23-11-3-5-16-7-9-17(21)10-8-16)24-12-14-26-19(15-24)18-6-4-13-25-18;/h7-10,18-19H,2-6,11-15H2,1H3,(H,22,23);1H. The lowest BCUT2D eigenvalue weighted by molar-refractivity contribution is -0.0817. The van der Waals surface area contributed by atoms with E-state index in [1.807, 2.05) is 12.1 Å². The van der Waals surface area contributed by atoms with Crippen LogP contribution in [-0.2, 0) is 15.9 Å². The summed E-state index contributed by atoms with van der Waals surface area (Å²) < 4.78 is 11.8. The highest BCUT2D eigenvalue weighted by molar-refractivity contribution is 14.0. The number of benzene rings is 1. The molecule has 0 aliphatic carbocycles. The molecule has 1 N–H and O–H groups in total. The molecule has 1 aromatic rings. The highest BCUT2D eigenvalue weighted by atomic mass is 127. The maximum atomic E-state index is 5.95. The number of nitrogens with one attached hydrogen (secondary N) is 1. The van der Waals surface area contributed by atoms with E-state index in [-0.39, 0.29) is 36.2 Å². The first-order valence-electron chi connectivity index (χ1n) is 9.77. The number of halogens is 2. The van der Waals surface area contributed by atoms with Gasteiger partial charge in [-0.05, 0) is 50.3 Å². The van der Waals surface area contributed by atoms with E-state index in [0.717, 1.165) is 76.1 Å². The Kier molecular flexibility index (Phi) is 10.2. The molecule has 2 fully saturated rings. The van der Waals surface area contributed by atoms with Gasteiger partial charge in [0.1, 0.15) is 6.10 Å². The SMILES string of the molecule is CCNC(=NCCCc1ccc(Cl)cc1)N1CCOC(C2CCCO2)C1.I. The van der Waals surface area contributed by atoms with Crippen molar-refractivity contribution in [3.05, 3.63) is 34.9 Å². The summed E-state index contributed by atoms with van der Waals surface area (Å²) in [7, 11) is 0. The Bertz CT molecular complexity index is 579. The van der Waals surface area contributed by atoms with Gasteiger partial charge in [0.2, 0.25) is 0 Å². The van der Waals surface area contributed by atoms with Crippen molar-refractivity contribution in [3.63, 3.8) is 0 Å². The maximum Gasteiger partial charge on any atom is 0.194 e. The van der Waals surface area contributed by atoms with Crippen molar-refractivity contribution >= 4 is 41.5 Å². The summed E-state index contributed by atoms with van der Waals surface area (Å²) in [5.41, 5.74) is 1.31. The molecule has 0 radical (unpaired) electrons. The Morgan fingerprint density at radius 3 is 2.70 bits per heavy atom. The lowest BCUT2D eigenvalue weighted by Crippen LogP contribution is -2.53. The van der Waals surface area contributed by atoms with Gasteiger partial charge in [-0.3, -0.25) is 4.99 Å². The Morgan fingerprint density at radius 2 is 2.00 bits per heavy atom. The number of ether oxygens (including phenoxy) is 2. The van der Waals surface area contributed by atoms with Gasteiger partial charge >= 0.3 is 0 Å². The van der Waals surface area contributed by atoms with Crippen molar-refractivity contribution < 1.29 is 9.47 Å². The van der Waals surface area contributed by atoms with Crippen LogP contribution in [0.3, 0.4) is 0 Å². The Hall–Kier alpha value is -0.570. The van der Waals surface area contributed by atoms with Gasteiger partial charge in [-0.15, -0.1) is 24.0 Å². The van der Waals surface area contributed by atoms with E-state index in [4.69, 9.17) is 26.1 Å². The summed E-state index contributed by atoms with van der Waals surface area (Å²) in [6, 6.07) is 8.07. The topological polar surface area (TPSA) is 46.1 Å². The molecule has 2 unspecified atom stereocenters. The lowest BCUT2D eigenvalue weighted by Gasteiger charge is -2.37. The number of aryl methyl sites for hydroxylation is 1. The molecule has 2 atom stereocenters. The fraction of sp³-hybridized carbons (Fsp3) is 0.650. The third kappa shape index (κ3) is 7.07. The third-order valence-corrected chi connectivity index (χ3v) is 5.16. The second-order valence-corrected chi connectivity index (χ2v) is 7.31. The van der Waals surface area contributed by atoms with E-state index >= 15 is 0 Å². The first-order chi connectivity index (χ1) is 12.8. The molecule has 0 amide bonds. The van der Waals surface area contributed by atoms with Crippen LogP contribution in [0.1, 0.15) is 31.7 Å². The molecule has 2 aliphatic heterocycles. The number of hydrogen-bond acceptors (Lipinski definition) is 3. The van der Waals surface area contributed by atoms with Crippen molar-refractivity contribution in [1.82, 2.24) is 10.2 Å². The van der Waals surface area contributed by atoms with Crippen LogP contribution in [0, 0.1) is 0 Å². The zero-order chi connectivity index (χ0) is 18.2. The number of morpholine rings is 1. The van der Waals surface area contributed by atoms with Gasteiger partial charge in [0, 0.05) is 37.8 Å². The lowest BCUT2D eigenvalue weighted by atomic mass is 10.1. The molecule has 2 aliphatic rings. The molecule has 3 rings (SSSR count). The minimum atomic E-state index is 0. The van der Waals surface area contributed by atoms with Gasteiger partial charge in [0.05, 0.1) is 12.7 Å². The van der Waals surface area contributed by atoms with Gasteiger partial charge in [-0.25, -0.2) is 0 Å². The molecular formula is C20H31ClIN3O2. The molecule has 0 spiro atoms. The third-order valence-electron chi connectivity index (χ3n) is 4.91. The molecule has 2 saturated heterocycles. The molecule has 1 aromatic carbocycles. The monoisotopic (exact) mass is 507 g/mol. The highest BCUT2D eigenvalue weighted by Crippen LogP contribution is 2.21. The first kappa shape index (κ1) is 22.7. The van der Waals surface area contributed by atoms with Crippen molar-refractivity contribution in [2.75, 3.05) is 39.4 Å². The summed E-state index contributed by atoms with van der Waals surface area (Å²) >= 11 is 5.94. The van der Waals surface area contributed by atoms with Gasteiger partial charge in [-0.1, -0.05) is 23.7 Å². The van der Waals surface area contributed by atoms with Crippen LogP contribution in [0.4, 0.5) is 0 Å². The van der Waals surface area contributed by atoms with E-state index < -0.39 is 0 Å². The highest BCUT2D eigenvalue weighted by Gasteiger charge is 2.32. The molecule has 0 bridgehead atoms. The summed E-state index contributed by atoms with van der Waals surface area (Å²) in [5, 5.41) is 4.22. The van der Waals surface area contributed by atoms with Crippen LogP contribution in [0.15, 0.2) is 29.3 Å². The average Bonchev–Trinajstić information content (AvgIpc) is 3.21. The molecule has 2 heterocycles. The fourth-order valence-electron chi connectivity index (χ4n) is 3.53. The molecule has 7 heteroatoms. The van der Waals surface area contributed by atoms with Crippen LogP contribution >= 0.6 is 35.6 Å². The van der Waals surface area contributed by atoms with Gasteiger partial charge < -0.3 is 19.7 Å². The first-order valence-corrected chi connectivity index (χ1v) is 10.1. The summed E-state index contributed by atoms with van der Waals surface area (Å²) in [4.78, 5) is 7.16. The Morgan fingerprint density at radius 1 is 1.22 bits per heavy atom. The molecule has 27 heavy (non-hydrogen) atoms. The van der Waals surface area contributed by atoms with E-state index in [0.29, 0.717) is 0 Å². The van der Waals surface area contributed by atoms with Crippen molar-refractivity contribution in [2.24, 2.45) is 4.99 Å². The molecule has 0 saturated carbocycles. The molecule has 0 aromatic heterocycles. The van der Waals surface area contributed by atoms with Crippen molar-refractivity contribution in [1.29, 1.82) is 0 Å². The smallest absolute Gasteiger partial charge is 0.194 e. The number of guanidine groups is 1. The second-order valence-electron chi connectivity index (χ2n) is 6.87. The largest absolute Gasteiger partial charge is 0.375 e. The second kappa shape index (κ2) is 12.1. The Labute approximate surface area is 184 Å². The number of rotatable bonds is 6. The van der Waals surface area contributed by atoms with Crippen molar-refractivity contribution in [3.8, 4) is 0 Å². The van der Waals surface area contributed by atoms with E-state index in [2.05, 4.69) is 29.3 Å². The molecule has 5 nitrogen and oxygen atoms in total. The summed E-state index contributed by atoms with van der Waals surface area (Å²) in [6.45, 7) is 7.13. The zero-order valence-electron chi connectivity index (χ0n) is 16.0. The minimum Gasteiger partial charge on any atom is -0.375 e. The number of aliphatic imine (C=N–C) groups is 1. The van der Waals surface area contributed by atoms with Crippen molar-refractivity contribution in [2.45, 2.75) is 44.8 Å². The number of hydrogen-bond donors (Lipinski definition) is 1.